The number of aromatic nitrogens is 5. The van der Waals surface area contributed by atoms with Gasteiger partial charge in [-0.25, -0.2) is 14.2 Å². The van der Waals surface area contributed by atoms with Crippen LogP contribution < -0.4 is 15.9 Å². The summed E-state index contributed by atoms with van der Waals surface area (Å²) in [5, 5.41) is 22.6. The standard InChI is InChI=1S/C23H26FN7O2/c1-23-9-8-14(27-23)11-17(20(23)24)31(3)19-7-6-16(28-29-19)15-5-4-13(10-18(15)32)21-25-12-30(2)22(33)26-21/h4-7,10,12,14,17,20,27,32H,8-9,11H2,1-3H3/t14-,17-,20-,23+/m0/s1. The Kier molecular flexibility index (Phi) is 5.12. The summed E-state index contributed by atoms with van der Waals surface area (Å²) in [5.41, 5.74) is 0.562. The Hall–Kier alpha value is -3.40. The van der Waals surface area contributed by atoms with Gasteiger partial charge in [0.2, 0.25) is 0 Å². The van der Waals surface area contributed by atoms with Crippen LogP contribution in [-0.4, -0.2) is 60.7 Å². The molecule has 4 heterocycles. The van der Waals surface area contributed by atoms with Crippen LogP contribution >= 0.6 is 0 Å². The highest BCUT2D eigenvalue weighted by molar-refractivity contribution is 5.72. The lowest BCUT2D eigenvalue weighted by Crippen LogP contribution is -2.62. The first-order chi connectivity index (χ1) is 15.7. The van der Waals surface area contributed by atoms with Gasteiger partial charge in [0.25, 0.3) is 0 Å². The lowest BCUT2D eigenvalue weighted by Gasteiger charge is -2.44. The van der Waals surface area contributed by atoms with E-state index in [2.05, 4.69) is 25.5 Å². The number of piperidine rings is 1. The number of aryl methyl sites for hydroxylation is 1. The first-order valence-corrected chi connectivity index (χ1v) is 11.0. The van der Waals surface area contributed by atoms with E-state index in [4.69, 9.17) is 0 Å². The third kappa shape index (κ3) is 3.74. The van der Waals surface area contributed by atoms with Crippen LogP contribution in [0.15, 0.2) is 41.5 Å². The Bertz CT molecular complexity index is 1250. The molecule has 172 valence electrons. The van der Waals surface area contributed by atoms with Crippen LogP contribution in [0.2, 0.25) is 0 Å². The number of phenolic OH excluding ortho intramolecular Hbond substituents is 1. The van der Waals surface area contributed by atoms with Gasteiger partial charge in [-0.2, -0.15) is 4.98 Å². The maximum Gasteiger partial charge on any atom is 0.350 e. The summed E-state index contributed by atoms with van der Waals surface area (Å²) in [6.07, 6.45) is 2.93. The summed E-state index contributed by atoms with van der Waals surface area (Å²) in [5.74, 6) is 0.785. The fraction of sp³-hybridized carbons (Fsp3) is 0.435. The van der Waals surface area contributed by atoms with Crippen molar-refractivity contribution in [2.45, 2.75) is 50.0 Å². The number of hydrogen-bond donors (Lipinski definition) is 2. The molecule has 2 aliphatic rings. The lowest BCUT2D eigenvalue weighted by molar-refractivity contribution is 0.111. The fourth-order valence-corrected chi connectivity index (χ4v) is 4.91. The predicted molar refractivity (Wildman–Crippen MR) is 122 cm³/mol. The summed E-state index contributed by atoms with van der Waals surface area (Å²) < 4.78 is 16.5. The minimum Gasteiger partial charge on any atom is -0.507 e. The van der Waals surface area contributed by atoms with E-state index in [0.717, 1.165) is 19.3 Å². The maximum absolute atomic E-state index is 15.3. The van der Waals surface area contributed by atoms with Gasteiger partial charge in [0.05, 0.1) is 11.7 Å². The van der Waals surface area contributed by atoms with Gasteiger partial charge in [0, 0.05) is 36.8 Å². The highest BCUT2D eigenvalue weighted by Gasteiger charge is 2.51. The summed E-state index contributed by atoms with van der Waals surface area (Å²) in [6.45, 7) is 1.96. The molecular weight excluding hydrogens is 425 g/mol. The second-order valence-electron chi connectivity index (χ2n) is 9.20. The smallest absolute Gasteiger partial charge is 0.350 e. The number of benzene rings is 1. The Morgan fingerprint density at radius 1 is 1.27 bits per heavy atom. The maximum atomic E-state index is 15.3. The van der Waals surface area contributed by atoms with E-state index >= 15 is 4.39 Å². The summed E-state index contributed by atoms with van der Waals surface area (Å²) in [7, 11) is 3.42. The van der Waals surface area contributed by atoms with Gasteiger partial charge in [-0.3, -0.25) is 4.57 Å². The molecule has 0 aliphatic carbocycles. The van der Waals surface area contributed by atoms with Crippen LogP contribution in [0.25, 0.3) is 22.6 Å². The van der Waals surface area contributed by atoms with Crippen molar-refractivity contribution < 1.29 is 9.50 Å². The average Bonchev–Trinajstić information content (AvgIpc) is 3.15. The number of rotatable bonds is 4. The summed E-state index contributed by atoms with van der Waals surface area (Å²) in [6, 6.07) is 8.49. The molecule has 4 atom stereocenters. The number of aromatic hydroxyl groups is 1. The molecule has 2 bridgehead atoms. The largest absolute Gasteiger partial charge is 0.507 e. The molecule has 2 N–H and O–H groups in total. The lowest BCUT2D eigenvalue weighted by atomic mass is 9.86. The third-order valence-corrected chi connectivity index (χ3v) is 6.92. The van der Waals surface area contributed by atoms with Crippen LogP contribution in [0.1, 0.15) is 26.2 Å². The van der Waals surface area contributed by atoms with Crippen molar-refractivity contribution >= 4 is 5.82 Å². The molecule has 2 fully saturated rings. The van der Waals surface area contributed by atoms with Crippen LogP contribution in [-0.2, 0) is 7.05 Å². The van der Waals surface area contributed by atoms with Gasteiger partial charge in [-0.1, -0.05) is 6.07 Å². The van der Waals surface area contributed by atoms with E-state index in [1.54, 1.807) is 31.3 Å². The molecule has 2 aliphatic heterocycles. The number of hydrogen-bond acceptors (Lipinski definition) is 8. The van der Waals surface area contributed by atoms with Crippen molar-refractivity contribution in [1.29, 1.82) is 0 Å². The monoisotopic (exact) mass is 451 g/mol. The predicted octanol–water partition coefficient (Wildman–Crippen LogP) is 2.06. The first-order valence-electron chi connectivity index (χ1n) is 11.0. The molecule has 0 amide bonds. The van der Waals surface area contributed by atoms with Crippen LogP contribution in [0.4, 0.5) is 10.2 Å². The van der Waals surface area contributed by atoms with E-state index in [9.17, 15) is 9.90 Å². The number of alkyl halides is 1. The SMILES string of the molecule is CN(c1ccc(-c2ccc(-c3ncn(C)c(=O)n3)cc2O)nn1)[C@H]1C[C@@H]2CC[C@@](C)(N2)[C@H]1F. The number of anilines is 1. The molecule has 0 spiro atoms. The first kappa shape index (κ1) is 21.4. The number of phenols is 1. The van der Waals surface area contributed by atoms with Crippen molar-refractivity contribution in [2.75, 3.05) is 11.9 Å². The van der Waals surface area contributed by atoms with E-state index in [1.165, 1.54) is 17.0 Å². The molecule has 0 saturated carbocycles. The van der Waals surface area contributed by atoms with Gasteiger partial charge in [0.15, 0.2) is 11.6 Å². The molecule has 3 aromatic rings. The van der Waals surface area contributed by atoms with E-state index in [1.807, 2.05) is 18.9 Å². The van der Waals surface area contributed by atoms with Crippen LogP contribution in [0, 0.1) is 0 Å². The normalized spacial score (nSPS) is 26.4. The molecule has 10 heteroatoms. The number of fused-ring (bicyclic) bond motifs is 2. The third-order valence-electron chi connectivity index (χ3n) is 6.92. The summed E-state index contributed by atoms with van der Waals surface area (Å²) >= 11 is 0. The number of nitrogens with one attached hydrogen (secondary N) is 1. The topological polar surface area (TPSA) is 109 Å². The molecule has 1 aromatic carbocycles. The minimum absolute atomic E-state index is 0.0288. The molecule has 2 saturated heterocycles. The minimum atomic E-state index is -1.00. The van der Waals surface area contributed by atoms with Gasteiger partial charge < -0.3 is 15.3 Å². The van der Waals surface area contributed by atoms with Gasteiger partial charge >= 0.3 is 5.69 Å². The number of nitrogens with zero attached hydrogens (tertiary/aromatic N) is 6. The van der Waals surface area contributed by atoms with Crippen molar-refractivity contribution in [3.63, 3.8) is 0 Å². The fourth-order valence-electron chi connectivity index (χ4n) is 4.91. The van der Waals surface area contributed by atoms with Crippen molar-refractivity contribution in [2.24, 2.45) is 7.05 Å². The van der Waals surface area contributed by atoms with Gasteiger partial charge in [-0.05, 0) is 50.5 Å². The van der Waals surface area contributed by atoms with E-state index < -0.39 is 17.4 Å². The van der Waals surface area contributed by atoms with E-state index in [0.29, 0.717) is 28.7 Å². The zero-order valence-corrected chi connectivity index (χ0v) is 18.7. The van der Waals surface area contributed by atoms with Gasteiger partial charge in [0.1, 0.15) is 18.2 Å². The molecule has 33 heavy (non-hydrogen) atoms. The molecule has 2 aromatic heterocycles. The second kappa shape index (κ2) is 7.87. The summed E-state index contributed by atoms with van der Waals surface area (Å²) in [4.78, 5) is 21.7. The van der Waals surface area contributed by atoms with Crippen LogP contribution in [0.3, 0.4) is 0 Å². The van der Waals surface area contributed by atoms with Crippen molar-refractivity contribution in [1.82, 2.24) is 30.0 Å². The second-order valence-corrected chi connectivity index (χ2v) is 9.20. The van der Waals surface area contributed by atoms with Gasteiger partial charge in [-0.15, -0.1) is 10.2 Å². The Morgan fingerprint density at radius 2 is 2.09 bits per heavy atom. The Labute approximate surface area is 190 Å². The van der Waals surface area contributed by atoms with Crippen molar-refractivity contribution in [3.8, 4) is 28.4 Å². The molecular formula is C23H26FN7O2. The Morgan fingerprint density at radius 3 is 2.79 bits per heavy atom. The Balaban J connectivity index is 1.37. The molecule has 9 nitrogen and oxygen atoms in total. The van der Waals surface area contributed by atoms with Crippen molar-refractivity contribution in [3.05, 3.63) is 47.1 Å². The molecule has 5 rings (SSSR count). The molecule has 0 radical (unpaired) electrons. The zero-order chi connectivity index (χ0) is 23.3. The highest BCUT2D eigenvalue weighted by Crippen LogP contribution is 2.40. The molecule has 0 unspecified atom stereocenters. The highest BCUT2D eigenvalue weighted by atomic mass is 19.1. The number of halogens is 1. The van der Waals surface area contributed by atoms with E-state index in [-0.39, 0.29) is 17.6 Å². The quantitative estimate of drug-likeness (QED) is 0.621. The van der Waals surface area contributed by atoms with Crippen LogP contribution in [0.5, 0.6) is 5.75 Å². The zero-order valence-electron chi connectivity index (χ0n) is 18.7. The average molecular weight is 452 g/mol.